The van der Waals surface area contributed by atoms with Crippen LogP contribution in [0.5, 0.6) is 0 Å². The second-order valence-corrected chi connectivity index (χ2v) is 12.7. The number of hydrogen-bond acceptors (Lipinski definition) is 9. The fraction of sp³-hybridized carbons (Fsp3) is 0.344. The van der Waals surface area contributed by atoms with E-state index in [1.54, 1.807) is 30.3 Å². The van der Waals surface area contributed by atoms with Crippen LogP contribution in [-0.2, 0) is 26.1 Å². The van der Waals surface area contributed by atoms with Gasteiger partial charge in [-0.2, -0.15) is 0 Å². The lowest BCUT2D eigenvalue weighted by Gasteiger charge is -2.28. The quantitative estimate of drug-likeness (QED) is 0.278. The van der Waals surface area contributed by atoms with Gasteiger partial charge in [-0.15, -0.1) is 12.4 Å². The molecule has 2 N–H and O–H groups in total. The summed E-state index contributed by atoms with van der Waals surface area (Å²) in [6.45, 7) is 8.75. The number of benzene rings is 2. The van der Waals surface area contributed by atoms with Crippen molar-refractivity contribution in [3.8, 4) is 0 Å². The molecular weight excluding hydrogens is 630 g/mol. The zero-order chi connectivity index (χ0) is 32.0. The first-order valence-corrected chi connectivity index (χ1v) is 16.4. The molecule has 0 atom stereocenters. The first-order valence-electron chi connectivity index (χ1n) is 14.9. The number of imidazole rings is 1. The maximum Gasteiger partial charge on any atom is 0.277 e. The number of ether oxygens (including phenoxy) is 1. The van der Waals surface area contributed by atoms with E-state index in [1.165, 1.54) is 37.3 Å². The van der Waals surface area contributed by atoms with Gasteiger partial charge in [-0.1, -0.05) is 30.3 Å². The summed E-state index contributed by atoms with van der Waals surface area (Å²) in [5, 5.41) is 12.8. The van der Waals surface area contributed by atoms with E-state index in [2.05, 4.69) is 56.0 Å². The highest BCUT2D eigenvalue weighted by molar-refractivity contribution is 7.89. The fourth-order valence-corrected chi connectivity index (χ4v) is 6.76. The third kappa shape index (κ3) is 7.44. The number of fused-ring (bicyclic) bond motifs is 2. The summed E-state index contributed by atoms with van der Waals surface area (Å²) in [7, 11) is -0.493. The van der Waals surface area contributed by atoms with Gasteiger partial charge in [0.2, 0.25) is 5.95 Å². The maximum absolute atomic E-state index is 12.5. The first-order chi connectivity index (χ1) is 21.7. The van der Waals surface area contributed by atoms with E-state index < -0.39 is 21.7 Å². The van der Waals surface area contributed by atoms with Crippen molar-refractivity contribution >= 4 is 56.9 Å². The number of likely N-dealkylation sites (N-methyl/N-ethyl adjacent to an activating group) is 2. The third-order valence-corrected chi connectivity index (χ3v) is 9.56. The molecule has 4 heterocycles. The minimum atomic E-state index is -3.91. The molecule has 12 nitrogen and oxygen atoms in total. The van der Waals surface area contributed by atoms with Crippen LogP contribution in [0.3, 0.4) is 0 Å². The molecule has 2 aliphatic rings. The number of rotatable bonds is 7. The van der Waals surface area contributed by atoms with Gasteiger partial charge in [0.1, 0.15) is 5.82 Å². The van der Waals surface area contributed by atoms with Gasteiger partial charge in [-0.25, -0.2) is 18.4 Å². The number of para-hydroxylation sites is 2. The monoisotopic (exact) mass is 669 g/mol. The molecule has 1 fully saturated rings. The maximum atomic E-state index is 12.5. The molecule has 2 aromatic carbocycles. The van der Waals surface area contributed by atoms with Gasteiger partial charge in [-0.05, 0) is 63.3 Å². The van der Waals surface area contributed by atoms with Crippen molar-refractivity contribution in [2.24, 2.45) is 0 Å². The Balaban J connectivity index is 0.000000205. The van der Waals surface area contributed by atoms with Crippen LogP contribution in [0.2, 0.25) is 0 Å². The molecule has 0 aliphatic carbocycles. The Bertz CT molecular complexity index is 1780. The highest BCUT2D eigenvalue weighted by atomic mass is 35.5. The molecule has 2 aliphatic heterocycles. The summed E-state index contributed by atoms with van der Waals surface area (Å²) in [6, 6.07) is 19.3. The molecular formula is C32H40ClN7O5S. The largest absolute Gasteiger partial charge is 0.505 e. The minimum Gasteiger partial charge on any atom is -0.505 e. The number of aromatic nitrogens is 3. The lowest BCUT2D eigenvalue weighted by molar-refractivity contribution is -0.113. The number of nitrogens with zero attached hydrogens (tertiary/aromatic N) is 6. The third-order valence-electron chi connectivity index (χ3n) is 7.74. The zero-order valence-electron chi connectivity index (χ0n) is 26.2. The molecule has 46 heavy (non-hydrogen) atoms. The van der Waals surface area contributed by atoms with Crippen LogP contribution in [0.25, 0.3) is 16.8 Å². The molecule has 246 valence electrons. The smallest absolute Gasteiger partial charge is 0.277 e. The summed E-state index contributed by atoms with van der Waals surface area (Å²) in [4.78, 5) is 26.0. The summed E-state index contributed by atoms with van der Waals surface area (Å²) < 4.78 is 33.7. The van der Waals surface area contributed by atoms with Crippen LogP contribution < -0.4 is 10.2 Å². The van der Waals surface area contributed by atoms with E-state index in [-0.39, 0.29) is 34.4 Å². The van der Waals surface area contributed by atoms with Crippen LogP contribution in [-0.4, -0.2) is 96.7 Å². The number of pyridine rings is 1. The van der Waals surface area contributed by atoms with E-state index >= 15 is 0 Å². The number of anilines is 2. The average Bonchev–Trinajstić information content (AvgIpc) is 3.26. The highest BCUT2D eigenvalue weighted by Crippen LogP contribution is 2.34. The van der Waals surface area contributed by atoms with Crippen LogP contribution >= 0.6 is 12.4 Å². The van der Waals surface area contributed by atoms with Crippen molar-refractivity contribution in [1.82, 2.24) is 23.7 Å². The number of carbonyl (C=O) groups excluding carboxylic acids is 1. The number of nitrogens with one attached hydrogen (secondary N) is 1. The van der Waals surface area contributed by atoms with E-state index in [0.29, 0.717) is 0 Å². The molecule has 0 radical (unpaired) electrons. The standard InChI is InChI=1S/C17H26N4O.C15H13N3O4S.ClH/c1-3-22-14-13-21-16-8-5-4-7-15(16)18-17(21)20-10-6-9-19(2)11-12-20;1-18-13(15(20)17-12-8-4-5-9-16-12)14(19)10-6-2-3-7-11(10)23(18,21)22;/h4-5,7-8H,3,6,9-14H2,1-2H3;2-9,19H,1H3,(H,16,17,20);1H. The number of carbonyl (C=O) groups is 1. The van der Waals surface area contributed by atoms with Crippen molar-refractivity contribution in [2.45, 2.75) is 24.8 Å². The topological polar surface area (TPSA) is 133 Å². The summed E-state index contributed by atoms with van der Waals surface area (Å²) in [6.07, 6.45) is 2.67. The van der Waals surface area contributed by atoms with Crippen LogP contribution in [0, 0.1) is 0 Å². The molecule has 0 spiro atoms. The Kier molecular flexibility index (Phi) is 11.6. The molecule has 14 heteroatoms. The minimum absolute atomic E-state index is 0. The molecule has 6 rings (SSSR count). The van der Waals surface area contributed by atoms with E-state index in [1.807, 2.05) is 6.92 Å². The Morgan fingerprint density at radius 3 is 2.48 bits per heavy atom. The number of aliphatic hydroxyl groups is 1. The Morgan fingerprint density at radius 1 is 0.978 bits per heavy atom. The van der Waals surface area contributed by atoms with Crippen LogP contribution in [0.1, 0.15) is 18.9 Å². The SMILES string of the molecule is CCOCCn1c(N2CCCN(C)CC2)nc2ccccc21.CN1C(C(=O)Nc2ccccn2)=C(O)c2ccccc2S1(=O)=O.Cl. The Hall–Kier alpha value is -4.17. The summed E-state index contributed by atoms with van der Waals surface area (Å²) >= 11 is 0. The van der Waals surface area contributed by atoms with Gasteiger partial charge in [0.05, 0.1) is 22.5 Å². The summed E-state index contributed by atoms with van der Waals surface area (Å²) in [5.41, 5.74) is 2.02. The zero-order valence-corrected chi connectivity index (χ0v) is 27.8. The normalized spacial score (nSPS) is 16.2. The lowest BCUT2D eigenvalue weighted by atomic mass is 10.1. The van der Waals surface area contributed by atoms with E-state index in [9.17, 15) is 18.3 Å². The van der Waals surface area contributed by atoms with Crippen molar-refractivity contribution in [2.75, 3.05) is 63.7 Å². The molecule has 4 aromatic rings. The molecule has 0 bridgehead atoms. The van der Waals surface area contributed by atoms with Gasteiger partial charge < -0.3 is 29.5 Å². The number of amides is 1. The number of halogens is 1. The number of aliphatic hydroxyl groups excluding tert-OH is 1. The molecule has 1 amide bonds. The first kappa shape index (κ1) is 34.7. The number of sulfonamides is 1. The lowest BCUT2D eigenvalue weighted by Crippen LogP contribution is -2.37. The van der Waals surface area contributed by atoms with Crippen molar-refractivity contribution in [3.05, 3.63) is 84.2 Å². The van der Waals surface area contributed by atoms with E-state index in [4.69, 9.17) is 9.72 Å². The van der Waals surface area contributed by atoms with Gasteiger partial charge in [0, 0.05) is 51.6 Å². The highest BCUT2D eigenvalue weighted by Gasteiger charge is 2.37. The Morgan fingerprint density at radius 2 is 1.72 bits per heavy atom. The van der Waals surface area contributed by atoms with Gasteiger partial charge in [0.25, 0.3) is 15.9 Å². The second kappa shape index (κ2) is 15.4. The van der Waals surface area contributed by atoms with E-state index in [0.717, 1.165) is 61.7 Å². The average molecular weight is 670 g/mol. The molecule has 0 saturated carbocycles. The predicted octanol–water partition coefficient (Wildman–Crippen LogP) is 4.22. The van der Waals surface area contributed by atoms with Gasteiger partial charge in [0.15, 0.2) is 11.5 Å². The van der Waals surface area contributed by atoms with Crippen LogP contribution in [0.4, 0.5) is 11.8 Å². The Labute approximate surface area is 275 Å². The predicted molar refractivity (Wildman–Crippen MR) is 182 cm³/mol. The fourth-order valence-electron chi connectivity index (χ4n) is 5.37. The van der Waals surface area contributed by atoms with Crippen molar-refractivity contribution in [1.29, 1.82) is 0 Å². The van der Waals surface area contributed by atoms with Gasteiger partial charge >= 0.3 is 0 Å². The molecule has 1 saturated heterocycles. The van der Waals surface area contributed by atoms with Crippen molar-refractivity contribution in [3.63, 3.8) is 0 Å². The van der Waals surface area contributed by atoms with Crippen molar-refractivity contribution < 1.29 is 23.1 Å². The summed E-state index contributed by atoms with van der Waals surface area (Å²) in [5.74, 6) is 0.187. The molecule has 0 unspecified atom stereocenters. The van der Waals surface area contributed by atoms with Gasteiger partial charge in [-0.3, -0.25) is 9.10 Å². The number of hydrogen-bond donors (Lipinski definition) is 2. The molecule has 2 aromatic heterocycles. The van der Waals surface area contributed by atoms with Crippen LogP contribution in [0.15, 0.2) is 83.5 Å². The second-order valence-electron chi connectivity index (χ2n) is 10.7.